The van der Waals surface area contributed by atoms with Crippen LogP contribution in [0.1, 0.15) is 39.4 Å². The van der Waals surface area contributed by atoms with Gasteiger partial charge in [-0.25, -0.2) is 0 Å². The van der Waals surface area contributed by atoms with Crippen molar-refractivity contribution in [2.45, 2.75) is 37.4 Å². The lowest BCUT2D eigenvalue weighted by Crippen LogP contribution is -2.19. The number of anilines is 1. The molecule has 0 unspecified atom stereocenters. The monoisotopic (exact) mass is 494 g/mol. The molecule has 0 saturated heterocycles. The molecule has 174 valence electrons. The summed E-state index contributed by atoms with van der Waals surface area (Å²) in [6.07, 6.45) is 8.85. The van der Waals surface area contributed by atoms with Crippen LogP contribution in [0.2, 0.25) is 0 Å². The molecule has 0 aromatic carbocycles. The molecule has 1 aliphatic rings. The van der Waals surface area contributed by atoms with Gasteiger partial charge in [-0.1, -0.05) is 11.8 Å². The van der Waals surface area contributed by atoms with Crippen molar-refractivity contribution >= 4 is 39.9 Å². The van der Waals surface area contributed by atoms with Crippen molar-refractivity contribution in [1.29, 1.82) is 0 Å². The predicted molar refractivity (Wildman–Crippen MR) is 130 cm³/mol. The molecule has 0 aliphatic heterocycles. The van der Waals surface area contributed by atoms with E-state index in [2.05, 4.69) is 20.5 Å². The Morgan fingerprint density at radius 2 is 2.00 bits per heavy atom. The minimum atomic E-state index is -0.498. The van der Waals surface area contributed by atoms with E-state index in [1.165, 1.54) is 23.1 Å². The van der Waals surface area contributed by atoms with Gasteiger partial charge in [0.2, 0.25) is 5.91 Å². The third-order valence-electron chi connectivity index (χ3n) is 5.55. The number of furan rings is 1. The number of carbonyl (C=O) groups excluding carboxylic acids is 2. The zero-order valence-corrected chi connectivity index (χ0v) is 19.8. The van der Waals surface area contributed by atoms with Gasteiger partial charge in [0.25, 0.3) is 5.91 Å². The number of nitrogens with two attached hydrogens (primary N) is 1. The summed E-state index contributed by atoms with van der Waals surface area (Å²) in [7, 11) is 0. The molecule has 2 amide bonds. The molecule has 0 fully saturated rings. The molecule has 0 atom stereocenters. The number of primary amides is 1. The maximum atomic E-state index is 12.8. The fraction of sp³-hybridized carbons (Fsp3) is 0.261. The summed E-state index contributed by atoms with van der Waals surface area (Å²) in [4.78, 5) is 30.1. The van der Waals surface area contributed by atoms with E-state index in [4.69, 9.17) is 10.2 Å². The number of pyridine rings is 1. The van der Waals surface area contributed by atoms with Crippen LogP contribution in [0.5, 0.6) is 0 Å². The Bertz CT molecular complexity index is 1310. The number of aryl methyl sites for hydroxylation is 1. The van der Waals surface area contributed by atoms with Crippen LogP contribution in [0.4, 0.5) is 5.00 Å². The molecule has 1 aliphatic carbocycles. The number of carbonyl (C=O) groups is 2. The second-order valence-corrected chi connectivity index (χ2v) is 9.87. The standard InChI is InChI=1S/C23H22N6O3S2/c24-20(31)19-16-5-1-2-6-17(16)34-22(19)26-18(30)13-33-23-28-27-21(14-7-9-25-10-8-14)29(23)12-15-4-3-11-32-15/h3-4,7-11H,1-2,5-6,12-13H2,(H2,24,31)(H,26,30). The van der Waals surface area contributed by atoms with Gasteiger partial charge < -0.3 is 15.5 Å². The summed E-state index contributed by atoms with van der Waals surface area (Å²) in [6, 6.07) is 7.41. The number of amides is 2. The molecule has 9 nitrogen and oxygen atoms in total. The second-order valence-electron chi connectivity index (χ2n) is 7.82. The van der Waals surface area contributed by atoms with Crippen LogP contribution in [0, 0.1) is 0 Å². The molecule has 0 saturated carbocycles. The molecular formula is C23H22N6O3S2. The lowest BCUT2D eigenvalue weighted by Gasteiger charge is -2.11. The Hall–Kier alpha value is -3.44. The highest BCUT2D eigenvalue weighted by atomic mass is 32.2. The zero-order valence-electron chi connectivity index (χ0n) is 18.2. The van der Waals surface area contributed by atoms with E-state index in [9.17, 15) is 9.59 Å². The van der Waals surface area contributed by atoms with Crippen molar-refractivity contribution in [2.24, 2.45) is 5.73 Å². The van der Waals surface area contributed by atoms with Crippen LogP contribution >= 0.6 is 23.1 Å². The van der Waals surface area contributed by atoms with E-state index in [0.717, 1.165) is 47.4 Å². The average Bonchev–Trinajstić information content (AvgIpc) is 3.57. The minimum absolute atomic E-state index is 0.105. The van der Waals surface area contributed by atoms with Crippen molar-refractivity contribution in [1.82, 2.24) is 19.7 Å². The molecule has 3 N–H and O–H groups in total. The first-order valence-corrected chi connectivity index (χ1v) is 12.6. The molecule has 0 spiro atoms. The van der Waals surface area contributed by atoms with Gasteiger partial charge in [-0.3, -0.25) is 19.1 Å². The third-order valence-corrected chi connectivity index (χ3v) is 7.73. The summed E-state index contributed by atoms with van der Waals surface area (Å²) < 4.78 is 7.42. The van der Waals surface area contributed by atoms with Crippen molar-refractivity contribution in [3.8, 4) is 11.4 Å². The highest BCUT2D eigenvalue weighted by Crippen LogP contribution is 2.38. The van der Waals surface area contributed by atoms with Gasteiger partial charge >= 0.3 is 0 Å². The topological polar surface area (TPSA) is 129 Å². The third kappa shape index (κ3) is 4.62. The van der Waals surface area contributed by atoms with E-state index in [1.807, 2.05) is 28.8 Å². The Morgan fingerprint density at radius 1 is 1.18 bits per heavy atom. The number of thioether (sulfide) groups is 1. The normalized spacial score (nSPS) is 12.9. The molecule has 34 heavy (non-hydrogen) atoms. The summed E-state index contributed by atoms with van der Waals surface area (Å²) in [6.45, 7) is 0.422. The van der Waals surface area contributed by atoms with Gasteiger partial charge in [-0.2, -0.15) is 0 Å². The summed E-state index contributed by atoms with van der Waals surface area (Å²) in [5, 5.41) is 12.7. The Morgan fingerprint density at radius 3 is 2.76 bits per heavy atom. The van der Waals surface area contributed by atoms with Gasteiger partial charge in [0.1, 0.15) is 10.8 Å². The van der Waals surface area contributed by atoms with Gasteiger partial charge in [0, 0.05) is 22.8 Å². The van der Waals surface area contributed by atoms with Crippen LogP contribution in [0.25, 0.3) is 11.4 Å². The fourth-order valence-electron chi connectivity index (χ4n) is 4.02. The van der Waals surface area contributed by atoms with Gasteiger partial charge in [-0.05, 0) is 55.5 Å². The quantitative estimate of drug-likeness (QED) is 0.357. The number of nitrogens with zero attached hydrogens (tertiary/aromatic N) is 4. The molecule has 5 rings (SSSR count). The Labute approximate surface area is 203 Å². The Balaban J connectivity index is 1.34. The van der Waals surface area contributed by atoms with Crippen LogP contribution in [-0.4, -0.2) is 37.3 Å². The molecule has 4 aromatic heterocycles. The molecule has 0 bridgehead atoms. The number of hydrogen-bond donors (Lipinski definition) is 2. The van der Waals surface area contributed by atoms with Crippen molar-refractivity contribution in [3.05, 3.63) is 64.7 Å². The average molecular weight is 495 g/mol. The summed E-state index contributed by atoms with van der Waals surface area (Å²) in [5.74, 6) is 0.778. The molecular weight excluding hydrogens is 472 g/mol. The first kappa shape index (κ1) is 22.4. The SMILES string of the molecule is NC(=O)c1c(NC(=O)CSc2nnc(-c3ccncc3)n2Cc2ccco2)sc2c1CCCC2. The van der Waals surface area contributed by atoms with Crippen molar-refractivity contribution in [2.75, 3.05) is 11.1 Å². The largest absolute Gasteiger partial charge is 0.467 e. The fourth-order valence-corrected chi connectivity index (χ4v) is 6.07. The van der Waals surface area contributed by atoms with Crippen LogP contribution in [0.15, 0.2) is 52.5 Å². The minimum Gasteiger partial charge on any atom is -0.467 e. The maximum absolute atomic E-state index is 12.8. The summed E-state index contributed by atoms with van der Waals surface area (Å²) in [5.41, 5.74) is 7.95. The van der Waals surface area contributed by atoms with Crippen molar-refractivity contribution in [3.63, 3.8) is 0 Å². The first-order chi connectivity index (χ1) is 16.6. The second kappa shape index (κ2) is 9.82. The Kier molecular flexibility index (Phi) is 6.45. The molecule has 0 radical (unpaired) electrons. The van der Waals surface area contributed by atoms with Crippen LogP contribution < -0.4 is 11.1 Å². The maximum Gasteiger partial charge on any atom is 0.251 e. The van der Waals surface area contributed by atoms with Gasteiger partial charge in [-0.15, -0.1) is 21.5 Å². The predicted octanol–water partition coefficient (Wildman–Crippen LogP) is 3.75. The summed E-state index contributed by atoms with van der Waals surface area (Å²) >= 11 is 2.72. The number of rotatable bonds is 8. The lowest BCUT2D eigenvalue weighted by atomic mass is 9.95. The van der Waals surface area contributed by atoms with E-state index in [1.54, 1.807) is 18.7 Å². The van der Waals surface area contributed by atoms with Gasteiger partial charge in [0.15, 0.2) is 11.0 Å². The number of thiophene rings is 1. The van der Waals surface area contributed by atoms with Crippen LogP contribution in [-0.2, 0) is 24.2 Å². The zero-order chi connectivity index (χ0) is 23.5. The highest BCUT2D eigenvalue weighted by molar-refractivity contribution is 7.99. The van der Waals surface area contributed by atoms with Crippen molar-refractivity contribution < 1.29 is 14.0 Å². The molecule has 11 heteroatoms. The number of fused-ring (bicyclic) bond motifs is 1. The van der Waals surface area contributed by atoms with Crippen LogP contribution in [0.3, 0.4) is 0 Å². The van der Waals surface area contributed by atoms with E-state index in [-0.39, 0.29) is 11.7 Å². The van der Waals surface area contributed by atoms with E-state index in [0.29, 0.717) is 28.1 Å². The number of nitrogens with one attached hydrogen (secondary N) is 1. The van der Waals surface area contributed by atoms with Gasteiger partial charge in [0.05, 0.1) is 24.1 Å². The smallest absolute Gasteiger partial charge is 0.251 e. The molecule has 4 aromatic rings. The lowest BCUT2D eigenvalue weighted by molar-refractivity contribution is -0.113. The van der Waals surface area contributed by atoms with E-state index < -0.39 is 5.91 Å². The molecule has 4 heterocycles. The first-order valence-electron chi connectivity index (χ1n) is 10.8. The number of hydrogen-bond acceptors (Lipinski definition) is 8. The number of aromatic nitrogens is 4. The highest BCUT2D eigenvalue weighted by Gasteiger charge is 2.25. The van der Waals surface area contributed by atoms with E-state index >= 15 is 0 Å².